The van der Waals surface area contributed by atoms with Gasteiger partial charge in [0.05, 0.1) is 4.90 Å². The quantitative estimate of drug-likeness (QED) is 0.488. The Morgan fingerprint density at radius 1 is 1.03 bits per heavy atom. The third-order valence-corrected chi connectivity index (χ3v) is 7.59. The number of nitrogens with one attached hydrogen (secondary N) is 1. The highest BCUT2D eigenvalue weighted by Gasteiger charge is 2.29. The lowest BCUT2D eigenvalue weighted by molar-refractivity contribution is -0.141. The number of benzene rings is 2. The highest BCUT2D eigenvalue weighted by molar-refractivity contribution is 7.89. The molecule has 1 N–H and O–H groups in total. The molecule has 33 heavy (non-hydrogen) atoms. The van der Waals surface area contributed by atoms with E-state index in [0.29, 0.717) is 24.4 Å². The smallest absolute Gasteiger partial charge is 0.242 e. The minimum Gasteiger partial charge on any atom is -0.355 e. The number of amides is 2. The first-order chi connectivity index (χ1) is 15.7. The van der Waals surface area contributed by atoms with Crippen molar-refractivity contribution in [2.45, 2.75) is 50.6 Å². The summed E-state index contributed by atoms with van der Waals surface area (Å²) < 4.78 is 26.6. The van der Waals surface area contributed by atoms with Crippen LogP contribution in [0, 0.1) is 0 Å². The Morgan fingerprint density at radius 3 is 2.27 bits per heavy atom. The van der Waals surface area contributed by atoms with Crippen LogP contribution >= 0.6 is 11.6 Å². The van der Waals surface area contributed by atoms with E-state index < -0.39 is 16.1 Å². The number of likely N-dealkylation sites (N-methyl/N-ethyl adjacent to an activating group) is 1. The molecular weight excluding hydrogens is 462 g/mol. The summed E-state index contributed by atoms with van der Waals surface area (Å²) in [7, 11) is -2.13. The van der Waals surface area contributed by atoms with E-state index in [1.54, 1.807) is 36.4 Å². The van der Waals surface area contributed by atoms with Crippen molar-refractivity contribution in [1.82, 2.24) is 14.5 Å². The van der Waals surface area contributed by atoms with Gasteiger partial charge in [-0.05, 0) is 43.5 Å². The van der Waals surface area contributed by atoms with E-state index in [9.17, 15) is 18.0 Å². The zero-order chi connectivity index (χ0) is 24.4. The van der Waals surface area contributed by atoms with E-state index in [-0.39, 0.29) is 36.2 Å². The molecule has 0 fully saturated rings. The molecule has 0 aliphatic carbocycles. The number of sulfonamides is 1. The molecule has 7 nitrogen and oxygen atoms in total. The zero-order valence-electron chi connectivity index (χ0n) is 19.3. The molecule has 0 aromatic heterocycles. The number of carbonyl (C=O) groups is 2. The summed E-state index contributed by atoms with van der Waals surface area (Å²) in [6.07, 6.45) is 0.881. The predicted octanol–water partition coefficient (Wildman–Crippen LogP) is 3.68. The topological polar surface area (TPSA) is 86.8 Å². The monoisotopic (exact) mass is 493 g/mol. The molecule has 0 spiro atoms. The highest BCUT2D eigenvalue weighted by atomic mass is 35.5. The van der Waals surface area contributed by atoms with Gasteiger partial charge in [-0.15, -0.1) is 0 Å². The molecule has 9 heteroatoms. The number of hydrogen-bond acceptors (Lipinski definition) is 4. The van der Waals surface area contributed by atoms with Crippen LogP contribution in [-0.2, 0) is 26.2 Å². The van der Waals surface area contributed by atoms with Gasteiger partial charge in [-0.25, -0.2) is 12.7 Å². The summed E-state index contributed by atoms with van der Waals surface area (Å²) >= 11 is 6.30. The second-order valence-electron chi connectivity index (χ2n) is 7.67. The van der Waals surface area contributed by atoms with Gasteiger partial charge in [-0.3, -0.25) is 9.59 Å². The first-order valence-corrected chi connectivity index (χ1v) is 12.9. The van der Waals surface area contributed by atoms with Gasteiger partial charge in [0.15, 0.2) is 0 Å². The van der Waals surface area contributed by atoms with Gasteiger partial charge in [0.25, 0.3) is 0 Å². The van der Waals surface area contributed by atoms with Crippen molar-refractivity contribution < 1.29 is 18.0 Å². The molecule has 2 aromatic rings. The molecule has 0 heterocycles. The fourth-order valence-electron chi connectivity index (χ4n) is 3.51. The van der Waals surface area contributed by atoms with Crippen molar-refractivity contribution in [3.63, 3.8) is 0 Å². The zero-order valence-corrected chi connectivity index (χ0v) is 20.9. The lowest BCUT2D eigenvalue weighted by Crippen LogP contribution is -2.49. The van der Waals surface area contributed by atoms with Gasteiger partial charge in [0.2, 0.25) is 21.8 Å². The van der Waals surface area contributed by atoms with Crippen LogP contribution in [0.3, 0.4) is 0 Å². The molecule has 1 atom stereocenters. The maximum atomic E-state index is 13.2. The van der Waals surface area contributed by atoms with E-state index >= 15 is 0 Å². The van der Waals surface area contributed by atoms with Crippen LogP contribution in [0.25, 0.3) is 0 Å². The molecule has 0 aliphatic rings. The summed E-state index contributed by atoms with van der Waals surface area (Å²) in [5.41, 5.74) is 0.749. The van der Waals surface area contributed by atoms with Gasteiger partial charge < -0.3 is 10.2 Å². The van der Waals surface area contributed by atoms with Gasteiger partial charge in [0.1, 0.15) is 6.04 Å². The SMILES string of the molecule is CCNC(=O)C(CC)N(Cc1ccccc1Cl)C(=O)CCCN(C)S(=O)(=O)c1ccccc1. The van der Waals surface area contributed by atoms with Crippen LogP contribution < -0.4 is 5.32 Å². The molecule has 2 rings (SSSR count). The Morgan fingerprint density at radius 2 is 1.67 bits per heavy atom. The fourth-order valence-corrected chi connectivity index (χ4v) is 4.94. The Labute approximate surface area is 201 Å². The first-order valence-electron chi connectivity index (χ1n) is 11.0. The van der Waals surface area contributed by atoms with E-state index in [0.717, 1.165) is 5.56 Å². The van der Waals surface area contributed by atoms with Crippen molar-refractivity contribution in [1.29, 1.82) is 0 Å². The molecule has 1 unspecified atom stereocenters. The summed E-state index contributed by atoms with van der Waals surface area (Å²) in [6.45, 7) is 4.53. The average Bonchev–Trinajstić information content (AvgIpc) is 2.80. The lowest BCUT2D eigenvalue weighted by Gasteiger charge is -2.31. The highest BCUT2D eigenvalue weighted by Crippen LogP contribution is 2.21. The number of nitrogens with zero attached hydrogens (tertiary/aromatic N) is 2. The maximum Gasteiger partial charge on any atom is 0.242 e. The Bertz CT molecular complexity index is 1030. The molecule has 180 valence electrons. The van der Waals surface area contributed by atoms with Crippen molar-refractivity contribution in [3.8, 4) is 0 Å². The van der Waals surface area contributed by atoms with E-state index in [4.69, 9.17) is 11.6 Å². The predicted molar refractivity (Wildman–Crippen MR) is 130 cm³/mol. The third-order valence-electron chi connectivity index (χ3n) is 5.35. The van der Waals surface area contributed by atoms with Gasteiger partial charge in [-0.2, -0.15) is 0 Å². The van der Waals surface area contributed by atoms with Gasteiger partial charge in [0, 0.05) is 38.1 Å². The van der Waals surface area contributed by atoms with Gasteiger partial charge in [-0.1, -0.05) is 54.9 Å². The Kier molecular flexibility index (Phi) is 10.3. The van der Waals surface area contributed by atoms with Crippen LogP contribution in [0.15, 0.2) is 59.5 Å². The average molecular weight is 494 g/mol. The number of hydrogen-bond donors (Lipinski definition) is 1. The molecule has 0 aliphatic heterocycles. The lowest BCUT2D eigenvalue weighted by atomic mass is 10.1. The molecule has 0 saturated carbocycles. The Balaban J connectivity index is 2.12. The van der Waals surface area contributed by atoms with E-state index in [2.05, 4.69) is 5.32 Å². The largest absolute Gasteiger partial charge is 0.355 e. The van der Waals surface area contributed by atoms with Crippen molar-refractivity contribution in [3.05, 3.63) is 65.2 Å². The minimum atomic E-state index is -3.63. The molecule has 0 saturated heterocycles. The fraction of sp³-hybridized carbons (Fsp3) is 0.417. The molecular formula is C24H32ClN3O4S. The van der Waals surface area contributed by atoms with E-state index in [1.807, 2.05) is 32.0 Å². The first kappa shape index (κ1) is 26.8. The van der Waals surface area contributed by atoms with Crippen molar-refractivity contribution in [2.24, 2.45) is 0 Å². The van der Waals surface area contributed by atoms with Crippen LogP contribution in [0.2, 0.25) is 5.02 Å². The normalized spacial score (nSPS) is 12.4. The summed E-state index contributed by atoms with van der Waals surface area (Å²) in [6, 6.07) is 14.8. The van der Waals surface area contributed by atoms with Crippen molar-refractivity contribution in [2.75, 3.05) is 20.1 Å². The Hall–Kier alpha value is -2.42. The number of rotatable bonds is 12. The minimum absolute atomic E-state index is 0.106. The van der Waals surface area contributed by atoms with Crippen LogP contribution in [0.5, 0.6) is 0 Å². The van der Waals surface area contributed by atoms with E-state index in [1.165, 1.54) is 16.3 Å². The third kappa shape index (κ3) is 7.28. The number of halogens is 1. The molecule has 0 bridgehead atoms. The second-order valence-corrected chi connectivity index (χ2v) is 10.1. The molecule has 0 radical (unpaired) electrons. The van der Waals surface area contributed by atoms with Crippen LogP contribution in [0.1, 0.15) is 38.7 Å². The van der Waals surface area contributed by atoms with Crippen molar-refractivity contribution >= 4 is 33.4 Å². The summed E-state index contributed by atoms with van der Waals surface area (Å²) in [5.74, 6) is -0.442. The number of carbonyl (C=O) groups excluding carboxylic acids is 2. The van der Waals surface area contributed by atoms with Crippen LogP contribution in [0.4, 0.5) is 0 Å². The standard InChI is InChI=1S/C24H32ClN3O4S/c1-4-22(24(30)26-5-2)28(18-19-12-9-10-15-21(19)25)23(29)16-11-17-27(3)33(31,32)20-13-7-6-8-14-20/h6-10,12-15,22H,4-5,11,16-18H2,1-3H3,(H,26,30). The summed E-state index contributed by atoms with van der Waals surface area (Å²) in [4.78, 5) is 27.6. The van der Waals surface area contributed by atoms with Crippen LogP contribution in [-0.4, -0.2) is 55.6 Å². The molecule has 2 aromatic carbocycles. The second kappa shape index (κ2) is 12.7. The molecule has 2 amide bonds. The maximum absolute atomic E-state index is 13.2. The van der Waals surface area contributed by atoms with Gasteiger partial charge >= 0.3 is 0 Å². The summed E-state index contributed by atoms with van der Waals surface area (Å²) in [5, 5.41) is 3.31.